The van der Waals surface area contributed by atoms with Crippen LogP contribution in [0.25, 0.3) is 10.1 Å². The number of anilines is 2. The van der Waals surface area contributed by atoms with Gasteiger partial charge < -0.3 is 9.80 Å². The number of fused-ring (bicyclic) bond motifs is 1. The maximum absolute atomic E-state index is 5.35. The summed E-state index contributed by atoms with van der Waals surface area (Å²) < 4.78 is 6.04. The van der Waals surface area contributed by atoms with E-state index in [9.17, 15) is 0 Å². The number of piperazine rings is 1. The van der Waals surface area contributed by atoms with Crippen LogP contribution in [0.2, 0.25) is 0 Å². The minimum atomic E-state index is 0.558. The summed E-state index contributed by atoms with van der Waals surface area (Å²) >= 11 is 6.98. The first kappa shape index (κ1) is 21.8. The summed E-state index contributed by atoms with van der Waals surface area (Å²) in [5.74, 6) is 2.04. The van der Waals surface area contributed by atoms with Crippen molar-refractivity contribution in [1.82, 2.24) is 9.27 Å². The van der Waals surface area contributed by atoms with Crippen LogP contribution in [0, 0.1) is 5.92 Å². The van der Waals surface area contributed by atoms with Crippen LogP contribution in [-0.4, -0.2) is 53.5 Å². The van der Waals surface area contributed by atoms with E-state index in [1.54, 1.807) is 11.5 Å². The summed E-state index contributed by atoms with van der Waals surface area (Å²) in [5.41, 5.74) is 3.09. The van der Waals surface area contributed by atoms with Crippen LogP contribution in [0.15, 0.2) is 54.6 Å². The smallest absolute Gasteiger partial charge is 0.150 e. The molecule has 168 valence electrons. The minimum absolute atomic E-state index is 0.558. The van der Waals surface area contributed by atoms with Crippen LogP contribution in [0.1, 0.15) is 32.1 Å². The molecule has 2 heterocycles. The third kappa shape index (κ3) is 4.82. The molecule has 1 aromatic heterocycles. The van der Waals surface area contributed by atoms with Gasteiger partial charge in [-0.25, -0.2) is 0 Å². The highest BCUT2D eigenvalue weighted by atomic mass is 32.1. The first-order valence-corrected chi connectivity index (χ1v) is 13.2. The maximum Gasteiger partial charge on any atom is 0.150 e. The number of rotatable bonds is 7. The Morgan fingerprint density at radius 1 is 0.938 bits per heavy atom. The first-order valence-electron chi connectivity index (χ1n) is 11.9. The van der Waals surface area contributed by atoms with Gasteiger partial charge in [0, 0.05) is 43.3 Å². The molecule has 0 spiro atoms. The topological polar surface area (TPSA) is 22.6 Å². The number of aromatic nitrogens is 1. The van der Waals surface area contributed by atoms with Gasteiger partial charge in [0.25, 0.3) is 0 Å². The van der Waals surface area contributed by atoms with E-state index >= 15 is 0 Å². The van der Waals surface area contributed by atoms with Crippen LogP contribution in [0.4, 0.5) is 11.5 Å². The second-order valence-electron chi connectivity index (χ2n) is 9.14. The fraction of sp³-hybridized carbons (Fsp3) is 0.462. The van der Waals surface area contributed by atoms with E-state index in [4.69, 9.17) is 16.6 Å². The van der Waals surface area contributed by atoms with Crippen molar-refractivity contribution in [1.29, 1.82) is 0 Å². The predicted octanol–water partition coefficient (Wildman–Crippen LogP) is 5.83. The molecule has 1 aliphatic heterocycles. The number of hydrogen-bond donors (Lipinski definition) is 0. The van der Waals surface area contributed by atoms with Crippen LogP contribution in [0.5, 0.6) is 0 Å². The molecule has 1 aliphatic carbocycles. The number of hydrogen-bond acceptors (Lipinski definition) is 5. The third-order valence-corrected chi connectivity index (χ3v) is 8.31. The molecule has 2 fully saturated rings. The molecule has 0 unspecified atom stereocenters. The molecule has 0 atom stereocenters. The Kier molecular flexibility index (Phi) is 7.00. The normalized spacial score (nSPS) is 22.2. The molecule has 0 N–H and O–H groups in total. The van der Waals surface area contributed by atoms with Crippen molar-refractivity contribution < 1.29 is 0 Å². The summed E-state index contributed by atoms with van der Waals surface area (Å²) in [4.78, 5) is 7.45. The van der Waals surface area contributed by atoms with Crippen molar-refractivity contribution in [2.24, 2.45) is 5.92 Å². The Labute approximate surface area is 201 Å². The molecule has 32 heavy (non-hydrogen) atoms. The maximum atomic E-state index is 5.35. The SMILES string of the molecule is S=CN(c1ccccc1)C1CCC(CCN2CCN(c3nsc4ccccc34)CC2)CC1. The molecule has 6 heteroatoms. The molecule has 2 aromatic carbocycles. The Morgan fingerprint density at radius 2 is 1.66 bits per heavy atom. The second kappa shape index (κ2) is 10.3. The van der Waals surface area contributed by atoms with Crippen molar-refractivity contribution in [3.63, 3.8) is 0 Å². The summed E-state index contributed by atoms with van der Waals surface area (Å²) in [6.45, 7) is 5.70. The van der Waals surface area contributed by atoms with E-state index in [-0.39, 0.29) is 0 Å². The summed E-state index contributed by atoms with van der Waals surface area (Å²) in [7, 11) is 0. The van der Waals surface area contributed by atoms with E-state index in [2.05, 4.69) is 69.3 Å². The molecule has 1 saturated carbocycles. The van der Waals surface area contributed by atoms with Gasteiger partial charge in [0.2, 0.25) is 0 Å². The van der Waals surface area contributed by atoms with E-state index in [0.29, 0.717) is 6.04 Å². The van der Waals surface area contributed by atoms with Gasteiger partial charge in [-0.15, -0.1) is 0 Å². The van der Waals surface area contributed by atoms with Crippen molar-refractivity contribution >= 4 is 50.8 Å². The molecule has 0 radical (unpaired) electrons. The number of thiocarbonyl (C=S) groups is 1. The Balaban J connectivity index is 1.07. The molecular weight excluding hydrogens is 432 g/mol. The lowest BCUT2D eigenvalue weighted by Crippen LogP contribution is -2.47. The van der Waals surface area contributed by atoms with Gasteiger partial charge in [0.1, 0.15) is 5.82 Å². The molecule has 0 bridgehead atoms. The van der Waals surface area contributed by atoms with Crippen LogP contribution in [-0.2, 0) is 0 Å². The molecule has 3 aromatic rings. The zero-order chi connectivity index (χ0) is 21.8. The predicted molar refractivity (Wildman–Crippen MR) is 141 cm³/mol. The van der Waals surface area contributed by atoms with Gasteiger partial charge in [-0.1, -0.05) is 42.5 Å². The average molecular weight is 465 g/mol. The van der Waals surface area contributed by atoms with Crippen molar-refractivity contribution in [2.45, 2.75) is 38.1 Å². The fourth-order valence-corrected chi connectivity index (χ4v) is 6.41. The van der Waals surface area contributed by atoms with Crippen molar-refractivity contribution in [3.8, 4) is 0 Å². The van der Waals surface area contributed by atoms with Gasteiger partial charge >= 0.3 is 0 Å². The molecular formula is C26H32N4S2. The molecule has 0 amide bonds. The van der Waals surface area contributed by atoms with Gasteiger partial charge in [-0.05, 0) is 80.4 Å². The lowest BCUT2D eigenvalue weighted by atomic mass is 9.83. The van der Waals surface area contributed by atoms with Crippen LogP contribution in [0.3, 0.4) is 0 Å². The molecule has 5 rings (SSSR count). The van der Waals surface area contributed by atoms with Crippen LogP contribution >= 0.6 is 23.8 Å². The first-order chi connectivity index (χ1) is 15.8. The van der Waals surface area contributed by atoms with Gasteiger partial charge in [-0.2, -0.15) is 4.37 Å². The molecule has 1 saturated heterocycles. The third-order valence-electron chi connectivity index (χ3n) is 7.26. The quantitative estimate of drug-likeness (QED) is 0.409. The van der Waals surface area contributed by atoms with E-state index in [1.807, 2.05) is 5.49 Å². The zero-order valence-electron chi connectivity index (χ0n) is 18.6. The monoisotopic (exact) mass is 464 g/mol. The zero-order valence-corrected chi connectivity index (χ0v) is 20.2. The number of para-hydroxylation sites is 1. The second-order valence-corrected chi connectivity index (χ2v) is 10.2. The lowest BCUT2D eigenvalue weighted by Gasteiger charge is -2.38. The highest BCUT2D eigenvalue weighted by Gasteiger charge is 2.26. The average Bonchev–Trinajstić information content (AvgIpc) is 3.29. The van der Waals surface area contributed by atoms with E-state index < -0.39 is 0 Å². The highest BCUT2D eigenvalue weighted by Crippen LogP contribution is 2.32. The Morgan fingerprint density at radius 3 is 2.41 bits per heavy atom. The van der Waals surface area contributed by atoms with E-state index in [1.165, 1.54) is 60.2 Å². The van der Waals surface area contributed by atoms with E-state index in [0.717, 1.165) is 32.1 Å². The minimum Gasteiger partial charge on any atom is -0.353 e. The number of nitrogens with zero attached hydrogens (tertiary/aromatic N) is 4. The van der Waals surface area contributed by atoms with Gasteiger partial charge in [0.05, 0.1) is 10.2 Å². The lowest BCUT2D eigenvalue weighted by molar-refractivity contribution is 0.217. The van der Waals surface area contributed by atoms with Gasteiger partial charge in [0.15, 0.2) is 0 Å². The Bertz CT molecular complexity index is 1000. The largest absolute Gasteiger partial charge is 0.353 e. The number of benzene rings is 2. The molecule has 4 nitrogen and oxygen atoms in total. The summed E-state index contributed by atoms with van der Waals surface area (Å²) in [6, 6.07) is 19.8. The summed E-state index contributed by atoms with van der Waals surface area (Å²) in [6.07, 6.45) is 6.47. The Hall–Kier alpha value is -2.02. The van der Waals surface area contributed by atoms with Gasteiger partial charge in [-0.3, -0.25) is 4.90 Å². The standard InChI is InChI=1S/C26H32N4S2/c31-20-30(22-6-2-1-3-7-22)23-12-10-21(11-13-23)14-15-28-16-18-29(19-17-28)26-24-8-4-5-9-25(24)32-27-26/h1-9,20-21,23H,10-19H2. The molecule has 2 aliphatic rings. The van der Waals surface area contributed by atoms with Crippen molar-refractivity contribution in [3.05, 3.63) is 54.6 Å². The van der Waals surface area contributed by atoms with Crippen molar-refractivity contribution in [2.75, 3.05) is 42.5 Å². The summed E-state index contributed by atoms with van der Waals surface area (Å²) in [5, 5.41) is 1.31. The van der Waals surface area contributed by atoms with Crippen LogP contribution < -0.4 is 9.80 Å². The fourth-order valence-electron chi connectivity index (χ4n) is 5.32. The highest BCUT2D eigenvalue weighted by molar-refractivity contribution is 7.79.